The first kappa shape index (κ1) is 27.6. The summed E-state index contributed by atoms with van der Waals surface area (Å²) < 4.78 is 4.56. The summed E-state index contributed by atoms with van der Waals surface area (Å²) in [5.41, 5.74) is 4.78. The molecule has 0 saturated carbocycles. The Labute approximate surface area is 184 Å². The quantitative estimate of drug-likeness (QED) is 0.307. The molecule has 2 rings (SSSR count). The van der Waals surface area contributed by atoms with Crippen LogP contribution in [0, 0.1) is 25.2 Å². The van der Waals surface area contributed by atoms with Crippen LogP contribution in [0.15, 0.2) is 48.5 Å². The van der Waals surface area contributed by atoms with Crippen molar-refractivity contribution in [3.63, 3.8) is 0 Å². The molecule has 0 heterocycles. The number of aldehydes is 1. The molecule has 0 aliphatic heterocycles. The number of hydrogen-bond donors (Lipinski definition) is 0. The summed E-state index contributed by atoms with van der Waals surface area (Å²) >= 11 is 0. The number of nitriles is 1. The highest BCUT2D eigenvalue weighted by atomic mass is 16.5. The Hall–Kier alpha value is -2.44. The van der Waals surface area contributed by atoms with Gasteiger partial charge < -0.3 is 4.74 Å². The first-order valence-corrected chi connectivity index (χ1v) is 11.0. The molecule has 0 aliphatic carbocycles. The number of aryl methyl sites for hydroxylation is 3. The van der Waals surface area contributed by atoms with E-state index in [1.807, 2.05) is 37.3 Å². The normalized spacial score (nSPS) is 9.43. The van der Waals surface area contributed by atoms with Crippen LogP contribution in [-0.4, -0.2) is 20.0 Å². The Kier molecular flexibility index (Phi) is 18.2. The fraction of sp³-hybridized carbons (Fsp3) is 0.481. The van der Waals surface area contributed by atoms with Crippen LogP contribution in [0.25, 0.3) is 0 Å². The fourth-order valence-electron chi connectivity index (χ4n) is 2.66. The molecule has 2 aromatic rings. The van der Waals surface area contributed by atoms with Gasteiger partial charge in [-0.1, -0.05) is 98.7 Å². The van der Waals surface area contributed by atoms with Crippen LogP contribution in [0.2, 0.25) is 0 Å². The zero-order valence-corrected chi connectivity index (χ0v) is 19.3. The lowest BCUT2D eigenvalue weighted by Gasteiger charge is -2.02. The third-order valence-electron chi connectivity index (χ3n) is 4.57. The number of benzene rings is 2. The maximum atomic E-state index is 10.1. The summed E-state index contributed by atoms with van der Waals surface area (Å²) in [6, 6.07) is 18.4. The minimum absolute atomic E-state index is 0.497. The van der Waals surface area contributed by atoms with E-state index in [2.05, 4.69) is 42.8 Å². The number of unbranched alkanes of at least 4 members (excludes halogenated alkanes) is 5. The molecule has 0 saturated heterocycles. The van der Waals surface area contributed by atoms with Gasteiger partial charge in [-0.25, -0.2) is 0 Å². The summed E-state index contributed by atoms with van der Waals surface area (Å²) in [7, 11) is 1.58. The highest BCUT2D eigenvalue weighted by molar-refractivity contribution is 5.74. The number of hydrogen-bond acceptors (Lipinski definition) is 3. The fourth-order valence-corrected chi connectivity index (χ4v) is 2.66. The molecule has 0 aromatic heterocycles. The van der Waals surface area contributed by atoms with E-state index < -0.39 is 0 Å². The third kappa shape index (κ3) is 16.5. The molecule has 3 nitrogen and oxygen atoms in total. The van der Waals surface area contributed by atoms with Crippen molar-refractivity contribution >= 4 is 6.29 Å². The molecule has 3 heteroatoms. The van der Waals surface area contributed by atoms with Crippen molar-refractivity contribution in [2.45, 2.75) is 72.1 Å². The molecule has 0 aliphatic rings. The summed E-state index contributed by atoms with van der Waals surface area (Å²) in [4.78, 5) is 10.1. The summed E-state index contributed by atoms with van der Waals surface area (Å²) in [6.07, 6.45) is 10.9. The molecule has 164 valence electrons. The van der Waals surface area contributed by atoms with E-state index in [4.69, 9.17) is 5.26 Å². The van der Waals surface area contributed by atoms with E-state index in [9.17, 15) is 4.79 Å². The molecule has 0 N–H and O–H groups in total. The molecule has 0 fully saturated rings. The first-order chi connectivity index (χ1) is 14.6. The number of carbonyl (C=O) groups is 1. The van der Waals surface area contributed by atoms with Gasteiger partial charge in [0.1, 0.15) is 6.29 Å². The number of ether oxygens (including phenoxy) is 1. The second-order valence-corrected chi connectivity index (χ2v) is 7.43. The van der Waals surface area contributed by atoms with E-state index in [-0.39, 0.29) is 0 Å². The average Bonchev–Trinajstić information content (AvgIpc) is 2.77. The number of nitrogens with zero attached hydrogens (tertiary/aromatic N) is 1. The largest absolute Gasteiger partial charge is 0.384 e. The molecule has 30 heavy (non-hydrogen) atoms. The van der Waals surface area contributed by atoms with E-state index in [1.54, 1.807) is 7.11 Å². The smallest absolute Gasteiger partial charge is 0.150 e. The second-order valence-electron chi connectivity index (χ2n) is 7.43. The molecule has 0 radical (unpaired) electrons. The van der Waals surface area contributed by atoms with Crippen molar-refractivity contribution in [2.75, 3.05) is 13.7 Å². The van der Waals surface area contributed by atoms with Crippen molar-refractivity contribution in [1.82, 2.24) is 0 Å². The topological polar surface area (TPSA) is 50.1 Å². The molecular formula is C27H39NO2. The maximum absolute atomic E-state index is 10.1. The summed E-state index contributed by atoms with van der Waals surface area (Å²) in [6.45, 7) is 6.96. The molecular weight excluding hydrogens is 370 g/mol. The summed E-state index contributed by atoms with van der Waals surface area (Å²) in [5.74, 6) is 0. The van der Waals surface area contributed by atoms with Crippen molar-refractivity contribution in [3.8, 4) is 6.07 Å². The zero-order valence-electron chi connectivity index (χ0n) is 19.3. The Morgan fingerprint density at radius 2 is 1.40 bits per heavy atom. The van der Waals surface area contributed by atoms with Gasteiger partial charge in [0.05, 0.1) is 19.1 Å². The maximum Gasteiger partial charge on any atom is 0.150 e. The predicted octanol–water partition coefficient (Wildman–Crippen LogP) is 7.25. The molecule has 2 aromatic carbocycles. The van der Waals surface area contributed by atoms with Crippen LogP contribution < -0.4 is 0 Å². The minimum atomic E-state index is 0.497. The molecule has 0 bridgehead atoms. The summed E-state index contributed by atoms with van der Waals surface area (Å²) in [5, 5.41) is 7.87. The lowest BCUT2D eigenvalue weighted by Crippen LogP contribution is -1.86. The Bertz CT molecular complexity index is 684. The van der Waals surface area contributed by atoms with Gasteiger partial charge in [0.15, 0.2) is 0 Å². The van der Waals surface area contributed by atoms with Crippen LogP contribution in [0.4, 0.5) is 0 Å². The zero-order chi connectivity index (χ0) is 22.5. The van der Waals surface area contributed by atoms with Gasteiger partial charge in [-0.05, 0) is 32.3 Å². The Balaban J connectivity index is 0.000000475. The van der Waals surface area contributed by atoms with Crippen molar-refractivity contribution < 1.29 is 9.53 Å². The lowest BCUT2D eigenvalue weighted by atomic mass is 10.0. The number of methoxy groups -OCH3 is 1. The molecule has 0 atom stereocenters. The molecule has 0 unspecified atom stereocenters. The number of rotatable bonds is 10. The van der Waals surface area contributed by atoms with Crippen LogP contribution in [0.5, 0.6) is 0 Å². The van der Waals surface area contributed by atoms with Gasteiger partial charge in [-0.3, -0.25) is 4.79 Å². The average molecular weight is 410 g/mol. The van der Waals surface area contributed by atoms with Gasteiger partial charge in [0.25, 0.3) is 0 Å². The van der Waals surface area contributed by atoms with E-state index in [0.29, 0.717) is 13.0 Å². The van der Waals surface area contributed by atoms with Gasteiger partial charge in [0.2, 0.25) is 0 Å². The van der Waals surface area contributed by atoms with Gasteiger partial charge in [0, 0.05) is 12.7 Å². The van der Waals surface area contributed by atoms with E-state index in [0.717, 1.165) is 11.8 Å². The third-order valence-corrected chi connectivity index (χ3v) is 4.57. The second kappa shape index (κ2) is 19.9. The standard InChI is InChI=1S/C15H24.C8H8O.C4H7NO/c1-3-4-5-6-7-8-9-15-12-10-14(2)11-13-15;1-7-2-4-8(6-9)5-3-7;1-6-4-2-3-5/h10-13H,3-9H2,1-2H3;2-6H,1H3;2,4H2,1H3. The Morgan fingerprint density at radius 1 is 0.867 bits per heavy atom. The minimum Gasteiger partial charge on any atom is -0.384 e. The molecule has 0 spiro atoms. The van der Waals surface area contributed by atoms with Gasteiger partial charge in [-0.15, -0.1) is 0 Å². The van der Waals surface area contributed by atoms with Crippen molar-refractivity contribution in [1.29, 1.82) is 5.26 Å². The predicted molar refractivity (Wildman–Crippen MR) is 127 cm³/mol. The van der Waals surface area contributed by atoms with E-state index >= 15 is 0 Å². The van der Waals surface area contributed by atoms with E-state index in [1.165, 1.54) is 61.6 Å². The van der Waals surface area contributed by atoms with Crippen LogP contribution >= 0.6 is 0 Å². The molecule has 0 amide bonds. The highest BCUT2D eigenvalue weighted by Gasteiger charge is 1.93. The SMILES string of the molecule is CCCCCCCCc1ccc(C)cc1.COCCC#N.Cc1ccc(C=O)cc1. The number of carbonyl (C=O) groups excluding carboxylic acids is 1. The highest BCUT2D eigenvalue weighted by Crippen LogP contribution is 2.10. The van der Waals surface area contributed by atoms with Crippen LogP contribution in [0.1, 0.15) is 78.9 Å². The van der Waals surface area contributed by atoms with Gasteiger partial charge >= 0.3 is 0 Å². The van der Waals surface area contributed by atoms with Crippen LogP contribution in [0.3, 0.4) is 0 Å². The first-order valence-electron chi connectivity index (χ1n) is 11.0. The monoisotopic (exact) mass is 409 g/mol. The lowest BCUT2D eigenvalue weighted by molar-refractivity contribution is 0.112. The Morgan fingerprint density at radius 3 is 1.87 bits per heavy atom. The van der Waals surface area contributed by atoms with Gasteiger partial charge in [-0.2, -0.15) is 5.26 Å². The van der Waals surface area contributed by atoms with Crippen molar-refractivity contribution in [3.05, 3.63) is 70.8 Å². The van der Waals surface area contributed by atoms with Crippen LogP contribution in [-0.2, 0) is 11.2 Å². The van der Waals surface area contributed by atoms with Crippen molar-refractivity contribution in [2.24, 2.45) is 0 Å².